The standard InChI is InChI=1S/C24H26N2O.C18H21BrN2O/c1-23(2)19-13-14-24(23,3)21-20(19)22(27)26(25(21)4)18-12-8-11-17(15-18)16-9-6-5-7-10-16;1-17(2)13-8-9-18(17,3)15-14(13)16(22)21(20(15)4)12-7-5-6-11(19)10-12/h5-12,15,19H,13-14H2,1-4H3;5-7,10,13H,8-9H2,1-4H3/t19-,24+;13-,18+/m11/s1. The molecule has 0 aliphatic heterocycles. The minimum atomic E-state index is 0.0726. The van der Waals surface area contributed by atoms with E-state index in [1.54, 1.807) is 0 Å². The Morgan fingerprint density at radius 1 is 0.592 bits per heavy atom. The molecule has 3 aromatic carbocycles. The Morgan fingerprint density at radius 3 is 1.51 bits per heavy atom. The zero-order chi connectivity index (χ0) is 34.8. The second-order valence-corrected chi connectivity index (χ2v) is 17.4. The van der Waals surface area contributed by atoms with Crippen molar-refractivity contribution in [2.24, 2.45) is 24.9 Å². The number of hydrogen-bond acceptors (Lipinski definition) is 2. The van der Waals surface area contributed by atoms with Crippen LogP contribution < -0.4 is 11.1 Å². The SMILES string of the molecule is Cn1c2c(c(=O)n1-c1cccc(-c3ccccc3)c1)[C@H]1CC[C@]2(C)C1(C)C.Cn1c2c(c(=O)n1-c1cccc(Br)c1)[C@H]1CC[C@]2(C)C1(C)C. The molecule has 0 spiro atoms. The van der Waals surface area contributed by atoms with E-state index in [-0.39, 0.29) is 32.8 Å². The fraction of sp³-hybridized carbons (Fsp3) is 0.429. The number of halogens is 1. The first kappa shape index (κ1) is 32.4. The Hall–Kier alpha value is -3.84. The van der Waals surface area contributed by atoms with E-state index < -0.39 is 0 Å². The molecule has 6 nitrogen and oxygen atoms in total. The zero-order valence-electron chi connectivity index (χ0n) is 30.0. The Labute approximate surface area is 297 Å². The van der Waals surface area contributed by atoms with E-state index in [2.05, 4.69) is 98.1 Å². The van der Waals surface area contributed by atoms with Gasteiger partial charge in [-0.1, -0.05) is 106 Å². The molecule has 2 fully saturated rings. The Morgan fingerprint density at radius 2 is 1.04 bits per heavy atom. The Balaban J connectivity index is 0.000000145. The Kier molecular flexibility index (Phi) is 6.99. The maximum atomic E-state index is 13.5. The highest BCUT2D eigenvalue weighted by atomic mass is 79.9. The number of nitrogens with zero attached hydrogens (tertiary/aromatic N) is 4. The van der Waals surface area contributed by atoms with Gasteiger partial charge in [0.2, 0.25) is 0 Å². The quantitative estimate of drug-likeness (QED) is 0.187. The summed E-state index contributed by atoms with van der Waals surface area (Å²) in [5.41, 5.74) is 9.61. The van der Waals surface area contributed by atoms with Crippen LogP contribution in [-0.2, 0) is 24.9 Å². The lowest BCUT2D eigenvalue weighted by atomic mass is 9.70. The van der Waals surface area contributed by atoms with E-state index in [0.29, 0.717) is 11.8 Å². The summed E-state index contributed by atoms with van der Waals surface area (Å²) in [6.45, 7) is 14.0. The van der Waals surface area contributed by atoms with Crippen molar-refractivity contribution in [2.75, 3.05) is 0 Å². The summed E-state index contributed by atoms with van der Waals surface area (Å²) < 4.78 is 8.93. The minimum Gasteiger partial charge on any atom is -0.284 e. The van der Waals surface area contributed by atoms with Crippen molar-refractivity contribution in [3.63, 3.8) is 0 Å². The van der Waals surface area contributed by atoms with Gasteiger partial charge in [0.05, 0.1) is 22.8 Å². The van der Waals surface area contributed by atoms with Crippen LogP contribution in [0.25, 0.3) is 22.5 Å². The average molecular weight is 720 g/mol. The summed E-state index contributed by atoms with van der Waals surface area (Å²) in [7, 11) is 4.08. The first-order chi connectivity index (χ1) is 23.1. The van der Waals surface area contributed by atoms with Gasteiger partial charge in [0.15, 0.2) is 0 Å². The molecule has 0 unspecified atom stereocenters. The normalized spacial score (nSPS) is 26.4. The van der Waals surface area contributed by atoms with Gasteiger partial charge in [0, 0.05) is 40.5 Å². The molecule has 4 aliphatic rings. The third-order valence-corrected chi connectivity index (χ3v) is 14.5. The average Bonchev–Trinajstić information content (AvgIpc) is 3.76. The third kappa shape index (κ3) is 4.11. The molecule has 9 rings (SSSR count). The van der Waals surface area contributed by atoms with Crippen LogP contribution in [0.3, 0.4) is 0 Å². The predicted molar refractivity (Wildman–Crippen MR) is 201 cm³/mol. The fourth-order valence-electron chi connectivity index (χ4n) is 10.7. The molecule has 49 heavy (non-hydrogen) atoms. The smallest absolute Gasteiger partial charge is 0.275 e. The summed E-state index contributed by atoms with van der Waals surface area (Å²) in [4.78, 5) is 26.6. The number of benzene rings is 3. The van der Waals surface area contributed by atoms with Gasteiger partial charge in [-0.3, -0.25) is 19.0 Å². The van der Waals surface area contributed by atoms with Crippen LogP contribution in [0.5, 0.6) is 0 Å². The van der Waals surface area contributed by atoms with Crippen LogP contribution in [0.15, 0.2) is 92.9 Å². The molecule has 2 aromatic heterocycles. The largest absolute Gasteiger partial charge is 0.284 e. The molecule has 7 heteroatoms. The molecule has 4 atom stereocenters. The van der Waals surface area contributed by atoms with Crippen molar-refractivity contribution in [3.8, 4) is 22.5 Å². The second kappa shape index (κ2) is 10.6. The van der Waals surface area contributed by atoms with E-state index in [9.17, 15) is 9.59 Å². The highest BCUT2D eigenvalue weighted by Gasteiger charge is 2.63. The highest BCUT2D eigenvalue weighted by molar-refractivity contribution is 9.10. The summed E-state index contributed by atoms with van der Waals surface area (Å²) in [6.07, 6.45) is 4.60. The third-order valence-electron chi connectivity index (χ3n) is 14.0. The monoisotopic (exact) mass is 718 g/mol. The van der Waals surface area contributed by atoms with Crippen LogP contribution in [0, 0.1) is 10.8 Å². The van der Waals surface area contributed by atoms with E-state index >= 15 is 0 Å². The van der Waals surface area contributed by atoms with E-state index in [1.165, 1.54) is 29.8 Å². The van der Waals surface area contributed by atoms with Gasteiger partial charge in [0.25, 0.3) is 11.1 Å². The molecule has 0 saturated heterocycles. The molecular weight excluding hydrogens is 672 g/mol. The lowest BCUT2D eigenvalue weighted by Crippen LogP contribution is -2.35. The molecule has 0 N–H and O–H groups in total. The minimum absolute atomic E-state index is 0.0726. The molecule has 254 valence electrons. The van der Waals surface area contributed by atoms with E-state index in [1.807, 2.05) is 71.0 Å². The van der Waals surface area contributed by atoms with Crippen molar-refractivity contribution in [1.82, 2.24) is 18.7 Å². The van der Waals surface area contributed by atoms with Crippen LogP contribution in [0.2, 0.25) is 0 Å². The lowest BCUT2D eigenvalue weighted by molar-refractivity contribution is 0.218. The van der Waals surface area contributed by atoms with Gasteiger partial charge >= 0.3 is 0 Å². The van der Waals surface area contributed by atoms with Crippen molar-refractivity contribution >= 4 is 15.9 Å². The molecular formula is C42H47BrN4O2. The van der Waals surface area contributed by atoms with Crippen molar-refractivity contribution < 1.29 is 0 Å². The summed E-state index contributed by atoms with van der Waals surface area (Å²) in [5, 5.41) is 0. The molecule has 2 saturated carbocycles. The van der Waals surface area contributed by atoms with Crippen molar-refractivity contribution in [3.05, 3.63) is 127 Å². The molecule has 4 aliphatic carbocycles. The maximum absolute atomic E-state index is 13.5. The lowest BCUT2D eigenvalue weighted by Gasteiger charge is -2.36. The van der Waals surface area contributed by atoms with E-state index in [4.69, 9.17) is 0 Å². The van der Waals surface area contributed by atoms with Crippen LogP contribution in [0.1, 0.15) is 102 Å². The van der Waals surface area contributed by atoms with Gasteiger partial charge in [0.1, 0.15) is 0 Å². The molecule has 2 heterocycles. The number of hydrogen-bond donors (Lipinski definition) is 0. The fourth-order valence-corrected chi connectivity index (χ4v) is 11.1. The highest BCUT2D eigenvalue weighted by Crippen LogP contribution is 2.68. The summed E-state index contributed by atoms with van der Waals surface area (Å²) >= 11 is 3.51. The summed E-state index contributed by atoms with van der Waals surface area (Å²) in [6, 6.07) is 26.6. The predicted octanol–water partition coefficient (Wildman–Crippen LogP) is 9.13. The van der Waals surface area contributed by atoms with Crippen LogP contribution >= 0.6 is 15.9 Å². The second-order valence-electron chi connectivity index (χ2n) is 16.5. The van der Waals surface area contributed by atoms with Gasteiger partial charge in [-0.25, -0.2) is 9.36 Å². The molecule has 4 bridgehead atoms. The number of aromatic nitrogens is 4. The van der Waals surface area contributed by atoms with Crippen molar-refractivity contribution in [1.29, 1.82) is 0 Å². The van der Waals surface area contributed by atoms with Gasteiger partial charge in [-0.05, 0) is 89.8 Å². The van der Waals surface area contributed by atoms with Crippen molar-refractivity contribution in [2.45, 2.75) is 89.9 Å². The van der Waals surface area contributed by atoms with E-state index in [0.717, 1.165) is 45.4 Å². The van der Waals surface area contributed by atoms with Gasteiger partial charge < -0.3 is 0 Å². The first-order valence-corrected chi connectivity index (χ1v) is 18.5. The van der Waals surface area contributed by atoms with Crippen LogP contribution in [-0.4, -0.2) is 18.7 Å². The van der Waals surface area contributed by atoms with Gasteiger partial charge in [-0.2, -0.15) is 0 Å². The molecule has 0 radical (unpaired) electrons. The zero-order valence-corrected chi connectivity index (χ0v) is 31.6. The number of fused-ring (bicyclic) bond motifs is 10. The summed E-state index contributed by atoms with van der Waals surface area (Å²) in [5.74, 6) is 0.759. The first-order valence-electron chi connectivity index (χ1n) is 17.7. The number of rotatable bonds is 3. The maximum Gasteiger partial charge on any atom is 0.275 e. The Bertz CT molecular complexity index is 2270. The van der Waals surface area contributed by atoms with Gasteiger partial charge in [-0.15, -0.1) is 0 Å². The van der Waals surface area contributed by atoms with Crippen LogP contribution in [0.4, 0.5) is 0 Å². The molecule has 5 aromatic rings. The molecule has 0 amide bonds. The topological polar surface area (TPSA) is 53.9 Å².